The Morgan fingerprint density at radius 3 is 2.16 bits per heavy atom. The number of aliphatic hydroxyl groups excluding tert-OH is 1. The predicted octanol–water partition coefficient (Wildman–Crippen LogP) is 7.91. The van der Waals surface area contributed by atoms with Gasteiger partial charge in [0.2, 0.25) is 11.3 Å². The van der Waals surface area contributed by atoms with Crippen LogP contribution in [0.15, 0.2) is 83.8 Å². The minimum Gasteiger partial charge on any atom is -0.395 e. The first-order valence-electron chi connectivity index (χ1n) is 15.7. The molecular formula is C38H40ClF2N3O4S. The minimum absolute atomic E-state index is 0. The molecule has 0 aliphatic carbocycles. The van der Waals surface area contributed by atoms with Crippen molar-refractivity contribution in [1.29, 1.82) is 0 Å². The summed E-state index contributed by atoms with van der Waals surface area (Å²) in [5, 5.41) is 12.8. The molecule has 0 atom stereocenters. The molecule has 0 radical (unpaired) electrons. The summed E-state index contributed by atoms with van der Waals surface area (Å²) in [5.74, 6) is -2.61. The van der Waals surface area contributed by atoms with Crippen molar-refractivity contribution in [3.63, 3.8) is 0 Å². The standard InChI is InChI=1S/C38H39F2N3O4S.ClH/c1-23(2)33(45)29-21-43(20-27-30(39)12-9-13-31(27)40)36-32(34(29)46)28(19-42(5)18-24-10-7-6-8-11-24)35(48-36)25-14-16-26(17-15-25)41-37(47)38(3,4)22-44;/h6-17,21,23,44H,18-20,22H2,1-5H3,(H,41,47);1H. The lowest BCUT2D eigenvalue weighted by molar-refractivity contribution is -0.125. The van der Waals surface area contributed by atoms with Crippen molar-refractivity contribution in [2.75, 3.05) is 19.0 Å². The summed E-state index contributed by atoms with van der Waals surface area (Å²) in [6.07, 6.45) is 1.43. The van der Waals surface area contributed by atoms with Crippen LogP contribution in [-0.2, 0) is 24.4 Å². The minimum atomic E-state index is -0.971. The van der Waals surface area contributed by atoms with Crippen LogP contribution >= 0.6 is 23.7 Å². The van der Waals surface area contributed by atoms with Gasteiger partial charge in [0.25, 0.3) is 0 Å². The number of hydrogen-bond acceptors (Lipinski definition) is 6. The SMILES string of the molecule is CC(C)C(=O)c1cn(Cc2c(F)cccc2F)c2sc(-c3ccc(NC(=O)C(C)(C)CO)cc3)c(CN(C)Cc3ccccc3)c2c1=O.Cl. The normalized spacial score (nSPS) is 11.6. The van der Waals surface area contributed by atoms with Crippen LogP contribution in [0.25, 0.3) is 20.7 Å². The number of fused-ring (bicyclic) bond motifs is 1. The van der Waals surface area contributed by atoms with Crippen LogP contribution in [0.4, 0.5) is 14.5 Å². The Kier molecular flexibility index (Phi) is 11.9. The lowest BCUT2D eigenvalue weighted by atomic mass is 9.93. The maximum absolute atomic E-state index is 14.9. The lowest BCUT2D eigenvalue weighted by Gasteiger charge is -2.20. The number of hydrogen-bond donors (Lipinski definition) is 2. The number of carbonyl (C=O) groups is 2. The highest BCUT2D eigenvalue weighted by Gasteiger charge is 2.28. The molecule has 2 N–H and O–H groups in total. The first-order valence-corrected chi connectivity index (χ1v) is 16.5. The third-order valence-electron chi connectivity index (χ3n) is 8.32. The first-order chi connectivity index (χ1) is 22.8. The molecule has 5 aromatic rings. The molecule has 7 nitrogen and oxygen atoms in total. The van der Waals surface area contributed by atoms with Gasteiger partial charge in [0, 0.05) is 41.3 Å². The van der Waals surface area contributed by atoms with Gasteiger partial charge in [-0.3, -0.25) is 19.3 Å². The zero-order chi connectivity index (χ0) is 34.7. The second kappa shape index (κ2) is 15.6. The Morgan fingerprint density at radius 1 is 0.939 bits per heavy atom. The van der Waals surface area contributed by atoms with Gasteiger partial charge in [0.05, 0.1) is 29.5 Å². The summed E-state index contributed by atoms with van der Waals surface area (Å²) in [5.41, 5.74) is 1.47. The maximum atomic E-state index is 14.9. The summed E-state index contributed by atoms with van der Waals surface area (Å²) in [4.78, 5) is 43.6. The number of pyridine rings is 1. The number of halogens is 3. The summed E-state index contributed by atoms with van der Waals surface area (Å²) in [6, 6.07) is 20.7. The second-order valence-electron chi connectivity index (χ2n) is 13.0. The summed E-state index contributed by atoms with van der Waals surface area (Å²) < 4.78 is 31.5. The van der Waals surface area contributed by atoms with E-state index in [1.165, 1.54) is 35.7 Å². The molecular weight excluding hydrogens is 668 g/mol. The van der Waals surface area contributed by atoms with Gasteiger partial charge in [0.1, 0.15) is 16.5 Å². The summed E-state index contributed by atoms with van der Waals surface area (Å²) in [7, 11) is 1.94. The highest BCUT2D eigenvalue weighted by atomic mass is 35.5. The largest absolute Gasteiger partial charge is 0.395 e. The molecule has 2 aromatic heterocycles. The van der Waals surface area contributed by atoms with Gasteiger partial charge in [-0.05, 0) is 61.9 Å². The number of aliphatic hydroxyl groups is 1. The average Bonchev–Trinajstić information content (AvgIpc) is 3.43. The van der Waals surface area contributed by atoms with E-state index in [2.05, 4.69) is 10.2 Å². The highest BCUT2D eigenvalue weighted by molar-refractivity contribution is 7.22. The van der Waals surface area contributed by atoms with E-state index in [-0.39, 0.29) is 48.4 Å². The molecule has 0 saturated heterocycles. The Bertz CT molecular complexity index is 2010. The molecule has 258 valence electrons. The van der Waals surface area contributed by atoms with Crippen molar-refractivity contribution in [2.24, 2.45) is 11.3 Å². The van der Waals surface area contributed by atoms with E-state index in [4.69, 9.17) is 0 Å². The number of thiophene rings is 1. The van der Waals surface area contributed by atoms with Crippen LogP contribution in [0, 0.1) is 23.0 Å². The topological polar surface area (TPSA) is 91.6 Å². The number of benzene rings is 3. The summed E-state index contributed by atoms with van der Waals surface area (Å²) in [6.45, 7) is 7.11. The molecule has 3 aromatic carbocycles. The first kappa shape index (κ1) is 37.6. The fourth-order valence-electron chi connectivity index (χ4n) is 5.44. The van der Waals surface area contributed by atoms with Crippen LogP contribution in [0.2, 0.25) is 0 Å². The van der Waals surface area contributed by atoms with E-state index >= 15 is 0 Å². The van der Waals surface area contributed by atoms with E-state index in [1.54, 1.807) is 44.4 Å². The van der Waals surface area contributed by atoms with Crippen LogP contribution in [0.5, 0.6) is 0 Å². The van der Waals surface area contributed by atoms with Crippen LogP contribution in [-0.4, -0.2) is 39.9 Å². The number of amides is 1. The van der Waals surface area contributed by atoms with Gasteiger partial charge in [-0.15, -0.1) is 23.7 Å². The van der Waals surface area contributed by atoms with E-state index in [9.17, 15) is 28.3 Å². The molecule has 2 heterocycles. The van der Waals surface area contributed by atoms with Gasteiger partial charge in [-0.25, -0.2) is 8.78 Å². The fraction of sp³-hybridized carbons (Fsp3) is 0.289. The van der Waals surface area contributed by atoms with E-state index in [1.807, 2.05) is 49.5 Å². The van der Waals surface area contributed by atoms with Crippen molar-refractivity contribution in [3.05, 3.63) is 123 Å². The fourth-order valence-corrected chi connectivity index (χ4v) is 6.73. The second-order valence-corrected chi connectivity index (χ2v) is 14.0. The van der Waals surface area contributed by atoms with Gasteiger partial charge >= 0.3 is 0 Å². The predicted molar refractivity (Wildman–Crippen MR) is 195 cm³/mol. The zero-order valence-electron chi connectivity index (χ0n) is 28.1. The van der Waals surface area contributed by atoms with Crippen molar-refractivity contribution in [3.8, 4) is 10.4 Å². The van der Waals surface area contributed by atoms with Crippen LogP contribution < -0.4 is 10.7 Å². The lowest BCUT2D eigenvalue weighted by Crippen LogP contribution is -2.33. The Balaban J connectivity index is 0.00000541. The number of aromatic nitrogens is 1. The number of ketones is 1. The van der Waals surface area contributed by atoms with Gasteiger partial charge in [0.15, 0.2) is 5.78 Å². The molecule has 0 aliphatic heterocycles. The number of nitrogens with zero attached hydrogens (tertiary/aromatic N) is 2. The van der Waals surface area contributed by atoms with Crippen molar-refractivity contribution >= 4 is 51.3 Å². The molecule has 0 saturated carbocycles. The number of carbonyl (C=O) groups excluding carboxylic acids is 2. The van der Waals surface area contributed by atoms with E-state index in [0.717, 1.165) is 16.0 Å². The number of Topliss-reactive ketones (excluding diaryl/α,β-unsaturated/α-hetero) is 1. The average molecular weight is 708 g/mol. The Morgan fingerprint density at radius 2 is 1.57 bits per heavy atom. The smallest absolute Gasteiger partial charge is 0.232 e. The molecule has 1 amide bonds. The number of nitrogens with one attached hydrogen (secondary N) is 1. The molecule has 0 bridgehead atoms. The van der Waals surface area contributed by atoms with Gasteiger partial charge < -0.3 is 15.0 Å². The molecule has 5 rings (SSSR count). The highest BCUT2D eigenvalue weighted by Crippen LogP contribution is 2.39. The van der Waals surface area contributed by atoms with Gasteiger partial charge in [-0.1, -0.05) is 62.4 Å². The number of rotatable bonds is 12. The molecule has 0 fully saturated rings. The molecule has 49 heavy (non-hydrogen) atoms. The molecule has 11 heteroatoms. The van der Waals surface area contributed by atoms with E-state index in [0.29, 0.717) is 34.6 Å². The third-order valence-corrected chi connectivity index (χ3v) is 9.64. The quantitative estimate of drug-likeness (QED) is 0.129. The summed E-state index contributed by atoms with van der Waals surface area (Å²) >= 11 is 1.31. The Labute approximate surface area is 294 Å². The molecule has 0 aliphatic rings. The molecule has 0 unspecified atom stereocenters. The van der Waals surface area contributed by atoms with E-state index < -0.39 is 28.4 Å². The van der Waals surface area contributed by atoms with Crippen LogP contribution in [0.3, 0.4) is 0 Å². The molecule has 0 spiro atoms. The van der Waals surface area contributed by atoms with Gasteiger partial charge in [-0.2, -0.15) is 0 Å². The van der Waals surface area contributed by atoms with Crippen molar-refractivity contribution in [1.82, 2.24) is 9.47 Å². The monoisotopic (exact) mass is 707 g/mol. The maximum Gasteiger partial charge on any atom is 0.232 e. The van der Waals surface area contributed by atoms with Crippen molar-refractivity contribution < 1.29 is 23.5 Å². The van der Waals surface area contributed by atoms with Crippen molar-refractivity contribution in [2.45, 2.75) is 47.3 Å². The van der Waals surface area contributed by atoms with Crippen LogP contribution in [0.1, 0.15) is 54.7 Å². The zero-order valence-corrected chi connectivity index (χ0v) is 29.7. The Hall–Kier alpha value is -4.22. The number of anilines is 1. The third kappa shape index (κ3) is 8.16.